The maximum Gasteiger partial charge on any atom is 0.233 e. The molecule has 0 saturated carbocycles. The van der Waals surface area contributed by atoms with Crippen molar-refractivity contribution >= 4 is 11.7 Å². The number of carbonyl (C=O) groups excluding carboxylic acids is 2. The fourth-order valence-electron chi connectivity index (χ4n) is 0.303. The SMILES string of the molecule is CC(=O)[CH]C(=O)N(C)C. The Bertz CT molecular complexity index is 129. The molecule has 3 heteroatoms. The predicted octanol–water partition coefficient (Wildman–Crippen LogP) is -0.132. The Morgan fingerprint density at radius 1 is 1.33 bits per heavy atom. The van der Waals surface area contributed by atoms with Crippen LogP contribution in [0.3, 0.4) is 0 Å². The van der Waals surface area contributed by atoms with Crippen LogP contribution < -0.4 is 0 Å². The minimum atomic E-state index is -0.262. The van der Waals surface area contributed by atoms with Gasteiger partial charge < -0.3 is 4.90 Å². The summed E-state index contributed by atoms with van der Waals surface area (Å²) in [5.41, 5.74) is 0. The molecule has 0 bridgehead atoms. The van der Waals surface area contributed by atoms with Crippen LogP contribution in [-0.4, -0.2) is 30.7 Å². The van der Waals surface area contributed by atoms with E-state index in [1.807, 2.05) is 0 Å². The van der Waals surface area contributed by atoms with E-state index in [2.05, 4.69) is 0 Å². The minimum absolute atomic E-state index is 0.214. The second kappa shape index (κ2) is 3.22. The molecular formula is C6H10NO2. The third-order valence-corrected chi connectivity index (χ3v) is 0.768. The van der Waals surface area contributed by atoms with Gasteiger partial charge in [0, 0.05) is 14.1 Å². The minimum Gasteiger partial charge on any atom is -0.348 e. The molecule has 1 amide bonds. The summed E-state index contributed by atoms with van der Waals surface area (Å²) in [5.74, 6) is -0.476. The van der Waals surface area contributed by atoms with E-state index in [1.54, 1.807) is 14.1 Å². The van der Waals surface area contributed by atoms with Gasteiger partial charge in [0.15, 0.2) is 0 Å². The summed E-state index contributed by atoms with van der Waals surface area (Å²) >= 11 is 0. The van der Waals surface area contributed by atoms with Gasteiger partial charge in [-0.3, -0.25) is 9.59 Å². The van der Waals surface area contributed by atoms with Crippen molar-refractivity contribution in [2.45, 2.75) is 6.92 Å². The molecule has 0 rings (SSSR count). The van der Waals surface area contributed by atoms with E-state index in [1.165, 1.54) is 11.8 Å². The van der Waals surface area contributed by atoms with Gasteiger partial charge in [0.05, 0.1) is 0 Å². The Labute approximate surface area is 54.6 Å². The van der Waals surface area contributed by atoms with Crippen LogP contribution in [-0.2, 0) is 9.59 Å². The Hall–Kier alpha value is -0.860. The topological polar surface area (TPSA) is 37.4 Å². The normalized spacial score (nSPS) is 8.78. The number of ketones is 1. The highest BCUT2D eigenvalue weighted by molar-refractivity contribution is 6.08. The molecule has 0 N–H and O–H groups in total. The number of hydrogen-bond acceptors (Lipinski definition) is 2. The average Bonchev–Trinajstić information content (AvgIpc) is 1.63. The van der Waals surface area contributed by atoms with Crippen molar-refractivity contribution in [3.8, 4) is 0 Å². The molecule has 0 aromatic heterocycles. The van der Waals surface area contributed by atoms with Crippen LogP contribution in [0.2, 0.25) is 0 Å². The maximum atomic E-state index is 10.6. The zero-order valence-corrected chi connectivity index (χ0v) is 5.84. The number of Topliss-reactive ketones (excluding diaryl/α,β-unsaturated/α-hetero) is 1. The summed E-state index contributed by atoms with van der Waals surface area (Å²) in [6, 6.07) is 0. The van der Waals surface area contributed by atoms with Gasteiger partial charge in [0.25, 0.3) is 0 Å². The van der Waals surface area contributed by atoms with Crippen LogP contribution in [0.5, 0.6) is 0 Å². The molecule has 0 spiro atoms. The fraction of sp³-hybridized carbons (Fsp3) is 0.500. The van der Waals surface area contributed by atoms with E-state index in [-0.39, 0.29) is 11.7 Å². The highest BCUT2D eigenvalue weighted by Crippen LogP contribution is 1.85. The van der Waals surface area contributed by atoms with Crippen molar-refractivity contribution in [1.29, 1.82) is 0 Å². The van der Waals surface area contributed by atoms with Gasteiger partial charge in [-0.15, -0.1) is 0 Å². The van der Waals surface area contributed by atoms with Gasteiger partial charge in [-0.25, -0.2) is 0 Å². The predicted molar refractivity (Wildman–Crippen MR) is 33.7 cm³/mol. The first-order valence-electron chi connectivity index (χ1n) is 2.60. The summed E-state index contributed by atoms with van der Waals surface area (Å²) < 4.78 is 0. The molecule has 1 radical (unpaired) electrons. The van der Waals surface area contributed by atoms with Gasteiger partial charge in [0.1, 0.15) is 12.2 Å². The van der Waals surface area contributed by atoms with Crippen LogP contribution in [0, 0.1) is 6.42 Å². The second-order valence-electron chi connectivity index (χ2n) is 1.99. The van der Waals surface area contributed by atoms with Crippen molar-refractivity contribution in [3.63, 3.8) is 0 Å². The number of nitrogens with zero attached hydrogens (tertiary/aromatic N) is 1. The van der Waals surface area contributed by atoms with E-state index >= 15 is 0 Å². The fourth-order valence-corrected chi connectivity index (χ4v) is 0.303. The summed E-state index contributed by atoms with van der Waals surface area (Å²) in [6.45, 7) is 1.35. The highest BCUT2D eigenvalue weighted by atomic mass is 16.2. The Kier molecular flexibility index (Phi) is 2.91. The molecule has 51 valence electrons. The first kappa shape index (κ1) is 8.14. The lowest BCUT2D eigenvalue weighted by atomic mass is 10.3. The molecule has 3 nitrogen and oxygen atoms in total. The maximum absolute atomic E-state index is 10.6. The van der Waals surface area contributed by atoms with E-state index < -0.39 is 0 Å². The Balaban J connectivity index is 3.64. The number of hydrogen-bond donors (Lipinski definition) is 0. The second-order valence-corrected chi connectivity index (χ2v) is 1.99. The molecule has 0 unspecified atom stereocenters. The zero-order chi connectivity index (χ0) is 7.44. The standard InChI is InChI=1S/C6H10NO2/c1-5(8)4-6(9)7(2)3/h4H,1-3H3. The van der Waals surface area contributed by atoms with Gasteiger partial charge in [-0.2, -0.15) is 0 Å². The van der Waals surface area contributed by atoms with Gasteiger partial charge in [0.2, 0.25) is 5.91 Å². The lowest BCUT2D eigenvalue weighted by Crippen LogP contribution is -2.24. The van der Waals surface area contributed by atoms with Crippen molar-refractivity contribution < 1.29 is 9.59 Å². The molecule has 0 aliphatic heterocycles. The van der Waals surface area contributed by atoms with Gasteiger partial charge in [-0.1, -0.05) is 0 Å². The molecule has 9 heavy (non-hydrogen) atoms. The molecular weight excluding hydrogens is 118 g/mol. The molecule has 0 aliphatic rings. The third-order valence-electron chi connectivity index (χ3n) is 0.768. The van der Waals surface area contributed by atoms with E-state index in [4.69, 9.17) is 0 Å². The number of carbonyl (C=O) groups is 2. The highest BCUT2D eigenvalue weighted by Gasteiger charge is 2.06. The lowest BCUT2D eigenvalue weighted by molar-refractivity contribution is -0.127. The smallest absolute Gasteiger partial charge is 0.233 e. The summed E-state index contributed by atoms with van der Waals surface area (Å²) in [5, 5.41) is 0. The number of rotatable bonds is 2. The third kappa shape index (κ3) is 3.70. The van der Waals surface area contributed by atoms with Crippen molar-refractivity contribution in [2.75, 3.05) is 14.1 Å². The van der Waals surface area contributed by atoms with Crippen LogP contribution >= 0.6 is 0 Å². The molecule has 0 aliphatic carbocycles. The Morgan fingerprint density at radius 3 is 1.89 bits per heavy atom. The molecule has 0 fully saturated rings. The lowest BCUT2D eigenvalue weighted by Gasteiger charge is -2.06. The van der Waals surface area contributed by atoms with Crippen LogP contribution in [0.15, 0.2) is 0 Å². The molecule has 0 aromatic rings. The van der Waals surface area contributed by atoms with Crippen LogP contribution in [0.1, 0.15) is 6.92 Å². The summed E-state index contributed by atoms with van der Waals surface area (Å²) in [6.07, 6.45) is 1.06. The Morgan fingerprint density at radius 2 is 1.78 bits per heavy atom. The van der Waals surface area contributed by atoms with Crippen LogP contribution in [0.4, 0.5) is 0 Å². The summed E-state index contributed by atoms with van der Waals surface area (Å²) in [7, 11) is 3.20. The zero-order valence-electron chi connectivity index (χ0n) is 5.84. The van der Waals surface area contributed by atoms with Gasteiger partial charge in [-0.05, 0) is 6.92 Å². The molecule has 0 heterocycles. The van der Waals surface area contributed by atoms with Crippen molar-refractivity contribution in [1.82, 2.24) is 4.90 Å². The monoisotopic (exact) mass is 128 g/mol. The van der Waals surface area contributed by atoms with Crippen LogP contribution in [0.25, 0.3) is 0 Å². The summed E-state index contributed by atoms with van der Waals surface area (Å²) in [4.78, 5) is 22.2. The molecule has 0 saturated heterocycles. The van der Waals surface area contributed by atoms with E-state index in [9.17, 15) is 9.59 Å². The average molecular weight is 128 g/mol. The largest absolute Gasteiger partial charge is 0.348 e. The van der Waals surface area contributed by atoms with Gasteiger partial charge >= 0.3 is 0 Å². The first-order valence-corrected chi connectivity index (χ1v) is 2.60. The molecule has 0 aromatic carbocycles. The quantitative estimate of drug-likeness (QED) is 0.486. The van der Waals surface area contributed by atoms with E-state index in [0.29, 0.717) is 0 Å². The molecule has 0 atom stereocenters. The van der Waals surface area contributed by atoms with Crippen molar-refractivity contribution in [3.05, 3.63) is 6.42 Å². The number of amides is 1. The van der Waals surface area contributed by atoms with Crippen molar-refractivity contribution in [2.24, 2.45) is 0 Å². The first-order chi connectivity index (χ1) is 4.04. The van der Waals surface area contributed by atoms with E-state index in [0.717, 1.165) is 6.42 Å².